The highest BCUT2D eigenvalue weighted by atomic mass is 16.5. The Bertz CT molecular complexity index is 704. The summed E-state index contributed by atoms with van der Waals surface area (Å²) in [7, 11) is 3.37. The minimum absolute atomic E-state index is 0.0414. The van der Waals surface area contributed by atoms with Crippen LogP contribution < -0.4 is 10.1 Å². The molecule has 0 radical (unpaired) electrons. The normalized spacial score (nSPS) is 17.1. The molecule has 2 aromatic heterocycles. The second-order valence-electron chi connectivity index (χ2n) is 5.44. The van der Waals surface area contributed by atoms with E-state index < -0.39 is 0 Å². The molecule has 120 valence electrons. The fourth-order valence-electron chi connectivity index (χ4n) is 3.02. The third-order valence-electron chi connectivity index (χ3n) is 4.13. The van der Waals surface area contributed by atoms with Gasteiger partial charge in [-0.3, -0.25) is 4.79 Å². The Kier molecular flexibility index (Phi) is 4.41. The van der Waals surface area contributed by atoms with Gasteiger partial charge < -0.3 is 15.0 Å². The first-order valence-electron chi connectivity index (χ1n) is 7.68. The van der Waals surface area contributed by atoms with Crippen molar-refractivity contribution in [2.24, 2.45) is 0 Å². The lowest BCUT2D eigenvalue weighted by atomic mass is 10.1. The number of hydrogen-bond acceptors (Lipinski definition) is 5. The van der Waals surface area contributed by atoms with Gasteiger partial charge >= 0.3 is 0 Å². The number of ether oxygens (including phenoxy) is 1. The van der Waals surface area contributed by atoms with Crippen LogP contribution in [0.3, 0.4) is 0 Å². The van der Waals surface area contributed by atoms with Crippen LogP contribution in [0.1, 0.15) is 34.8 Å². The van der Waals surface area contributed by atoms with Crippen LogP contribution >= 0.6 is 0 Å². The molecule has 1 unspecified atom stereocenters. The van der Waals surface area contributed by atoms with Crippen molar-refractivity contribution in [3.8, 4) is 5.88 Å². The number of carbonyl (C=O) groups is 1. The van der Waals surface area contributed by atoms with Crippen LogP contribution in [0.4, 0.5) is 5.82 Å². The molecule has 6 nitrogen and oxygen atoms in total. The summed E-state index contributed by atoms with van der Waals surface area (Å²) in [5.74, 6) is 1.13. The summed E-state index contributed by atoms with van der Waals surface area (Å²) in [5, 5.41) is 3.04. The number of amides is 1. The average molecular weight is 312 g/mol. The number of nitrogens with one attached hydrogen (secondary N) is 1. The molecular formula is C17H20N4O2. The fraction of sp³-hybridized carbons (Fsp3) is 0.353. The van der Waals surface area contributed by atoms with E-state index in [2.05, 4.69) is 15.3 Å². The largest absolute Gasteiger partial charge is 0.480 e. The number of rotatable bonds is 4. The van der Waals surface area contributed by atoms with Gasteiger partial charge in [0.2, 0.25) is 5.88 Å². The smallest absolute Gasteiger partial charge is 0.259 e. The summed E-state index contributed by atoms with van der Waals surface area (Å²) < 4.78 is 5.22. The summed E-state index contributed by atoms with van der Waals surface area (Å²) in [6, 6.07) is 7.54. The van der Waals surface area contributed by atoms with Gasteiger partial charge in [0.25, 0.3) is 5.91 Å². The maximum absolute atomic E-state index is 12.9. The van der Waals surface area contributed by atoms with Gasteiger partial charge in [0.1, 0.15) is 11.4 Å². The molecule has 0 bridgehead atoms. The van der Waals surface area contributed by atoms with E-state index in [-0.39, 0.29) is 11.9 Å². The highest BCUT2D eigenvalue weighted by Crippen LogP contribution is 2.34. The average Bonchev–Trinajstić information content (AvgIpc) is 3.10. The molecule has 3 rings (SSSR count). The van der Waals surface area contributed by atoms with Crippen molar-refractivity contribution >= 4 is 11.7 Å². The Morgan fingerprint density at radius 1 is 1.35 bits per heavy atom. The second kappa shape index (κ2) is 6.64. The van der Waals surface area contributed by atoms with Gasteiger partial charge in [0.15, 0.2) is 0 Å². The number of likely N-dealkylation sites (tertiary alicyclic amines) is 1. The van der Waals surface area contributed by atoms with E-state index in [4.69, 9.17) is 4.74 Å². The Morgan fingerprint density at radius 3 is 3.00 bits per heavy atom. The van der Waals surface area contributed by atoms with Crippen LogP contribution in [0.5, 0.6) is 5.88 Å². The Morgan fingerprint density at radius 2 is 2.22 bits per heavy atom. The number of hydrogen-bond donors (Lipinski definition) is 1. The van der Waals surface area contributed by atoms with Gasteiger partial charge in [-0.1, -0.05) is 0 Å². The van der Waals surface area contributed by atoms with Crippen molar-refractivity contribution < 1.29 is 9.53 Å². The van der Waals surface area contributed by atoms with Crippen molar-refractivity contribution in [1.82, 2.24) is 14.9 Å². The first-order valence-corrected chi connectivity index (χ1v) is 7.68. The second-order valence-corrected chi connectivity index (χ2v) is 5.44. The number of anilines is 1. The summed E-state index contributed by atoms with van der Waals surface area (Å²) in [5.41, 5.74) is 1.60. The minimum Gasteiger partial charge on any atom is -0.480 e. The van der Waals surface area contributed by atoms with E-state index in [1.165, 1.54) is 7.11 Å². The molecule has 1 saturated heterocycles. The summed E-state index contributed by atoms with van der Waals surface area (Å²) in [4.78, 5) is 23.2. The van der Waals surface area contributed by atoms with Crippen LogP contribution in [0, 0.1) is 0 Å². The lowest BCUT2D eigenvalue weighted by Gasteiger charge is -2.25. The lowest BCUT2D eigenvalue weighted by Crippen LogP contribution is -2.31. The topological polar surface area (TPSA) is 67.4 Å². The highest BCUT2D eigenvalue weighted by Gasteiger charge is 2.32. The third kappa shape index (κ3) is 2.97. The first-order chi connectivity index (χ1) is 11.2. The van der Waals surface area contributed by atoms with Crippen LogP contribution in [0.25, 0.3) is 0 Å². The number of carbonyl (C=O) groups excluding carboxylic acids is 1. The van der Waals surface area contributed by atoms with Gasteiger partial charge in [-0.05, 0) is 42.7 Å². The molecule has 0 saturated carbocycles. The number of methoxy groups -OCH3 is 1. The van der Waals surface area contributed by atoms with E-state index in [1.54, 1.807) is 24.5 Å². The molecule has 1 N–H and O–H groups in total. The van der Waals surface area contributed by atoms with Crippen molar-refractivity contribution in [3.05, 3.63) is 47.8 Å². The molecule has 6 heteroatoms. The predicted molar refractivity (Wildman–Crippen MR) is 87.6 cm³/mol. The fourth-order valence-corrected chi connectivity index (χ4v) is 3.02. The molecule has 23 heavy (non-hydrogen) atoms. The van der Waals surface area contributed by atoms with Crippen LogP contribution in [-0.4, -0.2) is 41.5 Å². The van der Waals surface area contributed by atoms with Crippen LogP contribution in [-0.2, 0) is 0 Å². The maximum atomic E-state index is 12.9. The van der Waals surface area contributed by atoms with Gasteiger partial charge in [-0.25, -0.2) is 9.97 Å². The SMILES string of the molecule is CNc1cc(C2CCCN2C(=O)c2cccnc2OC)ccn1. The standard InChI is InChI=1S/C17H20N4O2/c1-18-15-11-12(7-9-19-15)14-6-4-10-21(14)17(22)13-5-3-8-20-16(13)23-2/h3,5,7-9,11,14H,4,6,10H2,1-2H3,(H,18,19). The molecule has 2 aromatic rings. The van der Waals surface area contributed by atoms with Gasteiger partial charge in [-0.2, -0.15) is 0 Å². The number of nitrogens with zero attached hydrogens (tertiary/aromatic N) is 3. The quantitative estimate of drug-likeness (QED) is 0.939. The molecular weight excluding hydrogens is 292 g/mol. The molecule has 0 spiro atoms. The van der Waals surface area contributed by atoms with Crippen LogP contribution in [0.2, 0.25) is 0 Å². The van der Waals surface area contributed by atoms with E-state index in [0.717, 1.165) is 30.8 Å². The summed E-state index contributed by atoms with van der Waals surface area (Å²) in [6.45, 7) is 0.735. The maximum Gasteiger partial charge on any atom is 0.259 e. The van der Waals surface area contributed by atoms with Crippen LogP contribution in [0.15, 0.2) is 36.7 Å². The van der Waals surface area contributed by atoms with E-state index in [9.17, 15) is 4.79 Å². The molecule has 1 aliphatic heterocycles. The van der Waals surface area contributed by atoms with Crippen molar-refractivity contribution in [2.75, 3.05) is 26.0 Å². The van der Waals surface area contributed by atoms with Crippen molar-refractivity contribution in [3.63, 3.8) is 0 Å². The predicted octanol–water partition coefficient (Wildman–Crippen LogP) is 2.50. The van der Waals surface area contributed by atoms with Crippen molar-refractivity contribution in [2.45, 2.75) is 18.9 Å². The molecule has 0 aliphatic carbocycles. The molecule has 3 heterocycles. The molecule has 0 aromatic carbocycles. The van der Waals surface area contributed by atoms with Gasteiger partial charge in [0, 0.05) is 26.0 Å². The summed E-state index contributed by atoms with van der Waals surface area (Å²) in [6.07, 6.45) is 5.32. The number of pyridine rings is 2. The zero-order chi connectivity index (χ0) is 16.2. The Balaban J connectivity index is 1.90. The highest BCUT2D eigenvalue weighted by molar-refractivity contribution is 5.96. The lowest BCUT2D eigenvalue weighted by molar-refractivity contribution is 0.0731. The van der Waals surface area contributed by atoms with Gasteiger partial charge in [-0.15, -0.1) is 0 Å². The third-order valence-corrected chi connectivity index (χ3v) is 4.13. The molecule has 1 amide bonds. The first kappa shape index (κ1) is 15.3. The number of aromatic nitrogens is 2. The van der Waals surface area contributed by atoms with E-state index >= 15 is 0 Å². The molecule has 1 atom stereocenters. The molecule has 1 fully saturated rings. The van der Waals surface area contributed by atoms with E-state index in [0.29, 0.717) is 11.4 Å². The monoisotopic (exact) mass is 312 g/mol. The summed E-state index contributed by atoms with van der Waals surface area (Å²) >= 11 is 0. The minimum atomic E-state index is -0.0414. The Labute approximate surface area is 135 Å². The van der Waals surface area contributed by atoms with Crippen molar-refractivity contribution in [1.29, 1.82) is 0 Å². The molecule has 1 aliphatic rings. The van der Waals surface area contributed by atoms with E-state index in [1.807, 2.05) is 24.1 Å². The zero-order valence-corrected chi connectivity index (χ0v) is 13.3. The Hall–Kier alpha value is -2.63. The zero-order valence-electron chi connectivity index (χ0n) is 13.3. The van der Waals surface area contributed by atoms with Gasteiger partial charge in [0.05, 0.1) is 13.2 Å².